The highest BCUT2D eigenvalue weighted by Crippen LogP contribution is 2.37. The first-order chi connectivity index (χ1) is 17.4. The van der Waals surface area contributed by atoms with E-state index in [2.05, 4.69) is 109 Å². The number of hydrogen-bond donors (Lipinski definition) is 2. The third-order valence-electron chi connectivity index (χ3n) is 6.26. The Morgan fingerprint density at radius 3 is 2.11 bits per heavy atom. The van der Waals surface area contributed by atoms with E-state index in [9.17, 15) is 5.11 Å². The number of benzene rings is 3. The van der Waals surface area contributed by atoms with Gasteiger partial charge in [-0.1, -0.05) is 105 Å². The molecule has 0 saturated heterocycles. The summed E-state index contributed by atoms with van der Waals surface area (Å²) >= 11 is 1.47. The standard InChI is InChI=1S/C29H33N3O2SSi/c1-29(2,3)36(25-14-7-5-8-15-25,26-16-9-6-10-17-26)34-21-22-12-11-13-24(18-22)31-27-23(20-33)19-30-28(32-27)35-4/h5-19,33H,20-21H2,1-4H3,(H,30,31,32). The molecule has 0 saturated carbocycles. The van der Waals surface area contributed by atoms with Crippen LogP contribution < -0.4 is 15.7 Å². The first kappa shape index (κ1) is 26.1. The summed E-state index contributed by atoms with van der Waals surface area (Å²) in [7, 11) is -2.63. The molecule has 0 radical (unpaired) electrons. The third-order valence-corrected chi connectivity index (χ3v) is 11.8. The zero-order chi connectivity index (χ0) is 25.6. The fourth-order valence-corrected chi connectivity index (χ4v) is 9.42. The molecule has 5 nitrogen and oxygen atoms in total. The number of aliphatic hydroxyl groups is 1. The van der Waals surface area contributed by atoms with Gasteiger partial charge < -0.3 is 14.8 Å². The molecule has 36 heavy (non-hydrogen) atoms. The quantitative estimate of drug-likeness (QED) is 0.174. The molecule has 0 fully saturated rings. The number of nitrogens with zero attached hydrogens (tertiary/aromatic N) is 2. The molecule has 0 atom stereocenters. The van der Waals surface area contributed by atoms with Crippen molar-refractivity contribution < 1.29 is 9.53 Å². The van der Waals surface area contributed by atoms with Gasteiger partial charge in [0, 0.05) is 17.4 Å². The second-order valence-electron chi connectivity index (χ2n) is 9.67. The van der Waals surface area contributed by atoms with Crippen LogP contribution in [0.15, 0.2) is 96.3 Å². The number of hydrogen-bond acceptors (Lipinski definition) is 6. The lowest BCUT2D eigenvalue weighted by Gasteiger charge is -2.43. The summed E-state index contributed by atoms with van der Waals surface area (Å²) in [5, 5.41) is 16.2. The summed E-state index contributed by atoms with van der Waals surface area (Å²) in [6.45, 7) is 7.20. The van der Waals surface area contributed by atoms with E-state index in [0.29, 0.717) is 23.1 Å². The van der Waals surface area contributed by atoms with Crippen LogP contribution in [-0.4, -0.2) is 29.6 Å². The van der Waals surface area contributed by atoms with Gasteiger partial charge in [-0.15, -0.1) is 0 Å². The van der Waals surface area contributed by atoms with Crippen LogP contribution in [0.1, 0.15) is 31.9 Å². The minimum Gasteiger partial charge on any atom is -0.403 e. The highest BCUT2D eigenvalue weighted by Gasteiger charge is 2.50. The van der Waals surface area contributed by atoms with Crippen molar-refractivity contribution in [3.63, 3.8) is 0 Å². The maximum absolute atomic E-state index is 9.74. The molecule has 0 unspecified atom stereocenters. The molecule has 0 spiro atoms. The summed E-state index contributed by atoms with van der Waals surface area (Å²) in [6.07, 6.45) is 3.59. The van der Waals surface area contributed by atoms with Gasteiger partial charge >= 0.3 is 0 Å². The number of thioether (sulfide) groups is 1. The van der Waals surface area contributed by atoms with Crippen LogP contribution in [0, 0.1) is 0 Å². The average Bonchev–Trinajstić information content (AvgIpc) is 2.90. The molecule has 3 aromatic carbocycles. The number of anilines is 2. The van der Waals surface area contributed by atoms with Gasteiger partial charge in [-0.2, -0.15) is 0 Å². The Labute approximate surface area is 219 Å². The van der Waals surface area contributed by atoms with Crippen molar-refractivity contribution in [3.8, 4) is 0 Å². The lowest BCUT2D eigenvalue weighted by atomic mass is 10.2. The minimum atomic E-state index is -2.63. The van der Waals surface area contributed by atoms with E-state index >= 15 is 0 Å². The molecule has 1 heterocycles. The van der Waals surface area contributed by atoms with Crippen LogP contribution in [0.4, 0.5) is 11.5 Å². The van der Waals surface area contributed by atoms with E-state index in [0.717, 1.165) is 11.3 Å². The number of aromatic nitrogens is 2. The molecule has 186 valence electrons. The van der Waals surface area contributed by atoms with E-state index < -0.39 is 8.32 Å². The summed E-state index contributed by atoms with van der Waals surface area (Å²) in [4.78, 5) is 8.80. The molecule has 4 rings (SSSR count). The van der Waals surface area contributed by atoms with Crippen LogP contribution >= 0.6 is 11.8 Å². The van der Waals surface area contributed by atoms with E-state index in [1.165, 1.54) is 22.1 Å². The van der Waals surface area contributed by atoms with Crippen LogP contribution in [0.2, 0.25) is 5.04 Å². The predicted octanol–water partition coefficient (Wildman–Crippen LogP) is 5.51. The molecule has 7 heteroatoms. The zero-order valence-electron chi connectivity index (χ0n) is 21.2. The second kappa shape index (κ2) is 11.4. The van der Waals surface area contributed by atoms with E-state index in [4.69, 9.17) is 4.43 Å². The van der Waals surface area contributed by atoms with Gasteiger partial charge in [0.25, 0.3) is 8.32 Å². The Kier molecular flexibility index (Phi) is 8.26. The molecule has 0 bridgehead atoms. The van der Waals surface area contributed by atoms with Crippen LogP contribution in [0.25, 0.3) is 0 Å². The van der Waals surface area contributed by atoms with Crippen LogP contribution in [0.3, 0.4) is 0 Å². The lowest BCUT2D eigenvalue weighted by Crippen LogP contribution is -2.66. The van der Waals surface area contributed by atoms with Gasteiger partial charge in [-0.25, -0.2) is 9.97 Å². The van der Waals surface area contributed by atoms with Crippen molar-refractivity contribution in [2.45, 2.75) is 44.2 Å². The molecule has 1 aromatic heterocycles. The highest BCUT2D eigenvalue weighted by molar-refractivity contribution is 7.98. The van der Waals surface area contributed by atoms with Crippen molar-refractivity contribution in [1.29, 1.82) is 0 Å². The fourth-order valence-electron chi connectivity index (χ4n) is 4.54. The summed E-state index contributed by atoms with van der Waals surface area (Å²) in [5.41, 5.74) is 2.61. The van der Waals surface area contributed by atoms with Gasteiger partial charge in [0.1, 0.15) is 5.82 Å². The Balaban J connectivity index is 1.67. The Morgan fingerprint density at radius 1 is 0.917 bits per heavy atom. The second-order valence-corrected chi connectivity index (χ2v) is 14.7. The molecular weight excluding hydrogens is 482 g/mol. The maximum atomic E-state index is 9.74. The number of nitrogens with one attached hydrogen (secondary N) is 1. The molecule has 0 aliphatic rings. The van der Waals surface area contributed by atoms with Crippen molar-refractivity contribution in [1.82, 2.24) is 9.97 Å². The normalized spacial score (nSPS) is 11.9. The van der Waals surface area contributed by atoms with Crippen molar-refractivity contribution in [3.05, 3.63) is 102 Å². The van der Waals surface area contributed by atoms with Crippen molar-refractivity contribution >= 4 is 42.0 Å². The SMILES string of the molecule is CSc1ncc(CO)c(Nc2cccc(CO[Si](c3ccccc3)(c3ccccc3)C(C)(C)C)c2)n1. The molecule has 0 aliphatic heterocycles. The number of aliphatic hydroxyl groups excluding tert-OH is 1. The summed E-state index contributed by atoms with van der Waals surface area (Å²) < 4.78 is 7.08. The van der Waals surface area contributed by atoms with Gasteiger partial charge in [0.05, 0.1) is 13.2 Å². The monoisotopic (exact) mass is 515 g/mol. The topological polar surface area (TPSA) is 67.3 Å². The lowest BCUT2D eigenvalue weighted by molar-refractivity contribution is 0.281. The predicted molar refractivity (Wildman–Crippen MR) is 152 cm³/mol. The minimum absolute atomic E-state index is 0.0865. The first-order valence-electron chi connectivity index (χ1n) is 12.0. The molecule has 0 aliphatic carbocycles. The van der Waals surface area contributed by atoms with Crippen LogP contribution in [-0.2, 0) is 17.6 Å². The smallest absolute Gasteiger partial charge is 0.261 e. The Bertz CT molecular complexity index is 1240. The number of rotatable bonds is 9. The maximum Gasteiger partial charge on any atom is 0.261 e. The van der Waals surface area contributed by atoms with Gasteiger partial charge in [-0.3, -0.25) is 0 Å². The van der Waals surface area contributed by atoms with Crippen LogP contribution in [0.5, 0.6) is 0 Å². The largest absolute Gasteiger partial charge is 0.403 e. The van der Waals surface area contributed by atoms with Gasteiger partial charge in [0.15, 0.2) is 5.16 Å². The van der Waals surface area contributed by atoms with Crippen molar-refractivity contribution in [2.75, 3.05) is 11.6 Å². The van der Waals surface area contributed by atoms with E-state index in [1.54, 1.807) is 6.20 Å². The summed E-state index contributed by atoms with van der Waals surface area (Å²) in [6, 6.07) is 29.5. The Morgan fingerprint density at radius 2 is 1.56 bits per heavy atom. The van der Waals surface area contributed by atoms with Crippen molar-refractivity contribution in [2.24, 2.45) is 0 Å². The highest BCUT2D eigenvalue weighted by atomic mass is 32.2. The Hall–Kier alpha value is -2.97. The summed E-state index contributed by atoms with van der Waals surface area (Å²) in [5.74, 6) is 0.613. The zero-order valence-corrected chi connectivity index (χ0v) is 23.0. The van der Waals surface area contributed by atoms with Gasteiger partial charge in [-0.05, 0) is 39.4 Å². The molecule has 4 aromatic rings. The molecule has 0 amide bonds. The van der Waals surface area contributed by atoms with E-state index in [1.807, 2.05) is 18.4 Å². The molecular formula is C29H33N3O2SSi. The third kappa shape index (κ3) is 5.55. The molecule has 2 N–H and O–H groups in total. The first-order valence-corrected chi connectivity index (χ1v) is 15.1. The van der Waals surface area contributed by atoms with E-state index in [-0.39, 0.29) is 11.6 Å². The fraction of sp³-hybridized carbons (Fsp3) is 0.241. The van der Waals surface area contributed by atoms with Gasteiger partial charge in [0.2, 0.25) is 0 Å². The average molecular weight is 516 g/mol.